The Labute approximate surface area is 99.4 Å². The molecule has 1 unspecified atom stereocenters. The maximum Gasteiger partial charge on any atom is 0.0456 e. The normalized spacial score (nSPS) is 12.1. The summed E-state index contributed by atoms with van der Waals surface area (Å²) in [6.07, 6.45) is 5.92. The second-order valence-corrected chi connectivity index (χ2v) is 4.07. The number of nitrogens with two attached hydrogens (primary N) is 1. The molecule has 0 heterocycles. The largest absolute Gasteiger partial charge is 0.329 e. The molecule has 0 aliphatic heterocycles. The van der Waals surface area contributed by atoms with Gasteiger partial charge in [0.2, 0.25) is 0 Å². The first-order chi connectivity index (χ1) is 7.29. The SMILES string of the molecule is C#CCCNC(CN)c1ccccc1Br. The van der Waals surface area contributed by atoms with Gasteiger partial charge in [-0.25, -0.2) is 0 Å². The molecule has 1 aromatic rings. The van der Waals surface area contributed by atoms with Crippen molar-refractivity contribution in [3.63, 3.8) is 0 Å². The molecule has 15 heavy (non-hydrogen) atoms. The van der Waals surface area contributed by atoms with Crippen LogP contribution in [0.5, 0.6) is 0 Å². The van der Waals surface area contributed by atoms with Gasteiger partial charge in [-0.3, -0.25) is 0 Å². The summed E-state index contributed by atoms with van der Waals surface area (Å²) in [7, 11) is 0. The number of rotatable bonds is 5. The van der Waals surface area contributed by atoms with Gasteiger partial charge in [0.05, 0.1) is 0 Å². The van der Waals surface area contributed by atoms with Crippen LogP contribution in [0.25, 0.3) is 0 Å². The van der Waals surface area contributed by atoms with Crippen molar-refractivity contribution in [2.45, 2.75) is 12.5 Å². The second-order valence-electron chi connectivity index (χ2n) is 3.22. The Morgan fingerprint density at radius 1 is 1.47 bits per heavy atom. The Balaban J connectivity index is 2.66. The molecule has 0 aliphatic carbocycles. The highest BCUT2D eigenvalue weighted by atomic mass is 79.9. The van der Waals surface area contributed by atoms with E-state index in [9.17, 15) is 0 Å². The Morgan fingerprint density at radius 2 is 2.20 bits per heavy atom. The van der Waals surface area contributed by atoms with Gasteiger partial charge < -0.3 is 11.1 Å². The molecule has 1 aromatic carbocycles. The van der Waals surface area contributed by atoms with Crippen molar-refractivity contribution < 1.29 is 0 Å². The molecule has 3 heteroatoms. The van der Waals surface area contributed by atoms with Gasteiger partial charge in [-0.2, -0.15) is 0 Å². The van der Waals surface area contributed by atoms with E-state index in [0.29, 0.717) is 6.54 Å². The minimum Gasteiger partial charge on any atom is -0.329 e. The molecule has 80 valence electrons. The van der Waals surface area contributed by atoms with E-state index in [2.05, 4.69) is 33.2 Å². The van der Waals surface area contributed by atoms with E-state index in [1.54, 1.807) is 0 Å². The zero-order valence-corrected chi connectivity index (χ0v) is 10.1. The number of halogens is 1. The molecular weight excluding hydrogens is 252 g/mol. The smallest absolute Gasteiger partial charge is 0.0456 e. The van der Waals surface area contributed by atoms with Crippen LogP contribution >= 0.6 is 15.9 Å². The summed E-state index contributed by atoms with van der Waals surface area (Å²) >= 11 is 3.51. The molecule has 0 spiro atoms. The summed E-state index contributed by atoms with van der Waals surface area (Å²) < 4.78 is 1.08. The summed E-state index contributed by atoms with van der Waals surface area (Å²) in [5.74, 6) is 2.60. The molecule has 0 aromatic heterocycles. The molecule has 0 saturated carbocycles. The Bertz CT molecular complexity index is 344. The Morgan fingerprint density at radius 3 is 2.80 bits per heavy atom. The quantitative estimate of drug-likeness (QED) is 0.633. The van der Waals surface area contributed by atoms with Gasteiger partial charge in [0.1, 0.15) is 0 Å². The van der Waals surface area contributed by atoms with Crippen LogP contribution in [-0.4, -0.2) is 13.1 Å². The molecule has 3 N–H and O–H groups in total. The van der Waals surface area contributed by atoms with E-state index in [1.165, 1.54) is 5.56 Å². The van der Waals surface area contributed by atoms with Crippen molar-refractivity contribution in [3.8, 4) is 12.3 Å². The first kappa shape index (κ1) is 12.3. The molecule has 0 fully saturated rings. The predicted octanol–water partition coefficient (Wildman–Crippen LogP) is 2.06. The van der Waals surface area contributed by atoms with Gasteiger partial charge in [-0.05, 0) is 11.6 Å². The van der Waals surface area contributed by atoms with E-state index in [1.807, 2.05) is 18.2 Å². The van der Waals surface area contributed by atoms with Crippen LogP contribution in [0.1, 0.15) is 18.0 Å². The van der Waals surface area contributed by atoms with Crippen molar-refractivity contribution in [2.75, 3.05) is 13.1 Å². The van der Waals surface area contributed by atoms with Gasteiger partial charge in [0, 0.05) is 30.0 Å². The fraction of sp³-hybridized carbons (Fsp3) is 0.333. The van der Waals surface area contributed by atoms with Crippen LogP contribution in [0.4, 0.5) is 0 Å². The molecule has 0 saturated heterocycles. The fourth-order valence-corrected chi connectivity index (χ4v) is 1.96. The van der Waals surface area contributed by atoms with Crippen LogP contribution < -0.4 is 11.1 Å². The Hall–Kier alpha value is -0.820. The minimum atomic E-state index is 0.161. The van der Waals surface area contributed by atoms with Crippen molar-refractivity contribution >= 4 is 15.9 Å². The molecule has 0 bridgehead atoms. The van der Waals surface area contributed by atoms with Crippen LogP contribution in [-0.2, 0) is 0 Å². The van der Waals surface area contributed by atoms with Gasteiger partial charge in [-0.1, -0.05) is 34.1 Å². The van der Waals surface area contributed by atoms with Gasteiger partial charge in [0.15, 0.2) is 0 Å². The Kier molecular flexibility index (Phi) is 5.41. The number of benzene rings is 1. The van der Waals surface area contributed by atoms with Crippen molar-refractivity contribution in [2.24, 2.45) is 5.73 Å². The van der Waals surface area contributed by atoms with Gasteiger partial charge >= 0.3 is 0 Å². The van der Waals surface area contributed by atoms with E-state index in [0.717, 1.165) is 17.4 Å². The highest BCUT2D eigenvalue weighted by Crippen LogP contribution is 2.22. The molecular formula is C12H15BrN2. The van der Waals surface area contributed by atoms with Crippen LogP contribution in [0.15, 0.2) is 28.7 Å². The molecule has 2 nitrogen and oxygen atoms in total. The number of nitrogens with one attached hydrogen (secondary N) is 1. The topological polar surface area (TPSA) is 38.0 Å². The number of hydrogen-bond donors (Lipinski definition) is 2. The van der Waals surface area contributed by atoms with Gasteiger partial charge in [-0.15, -0.1) is 12.3 Å². The summed E-state index contributed by atoms with van der Waals surface area (Å²) in [6.45, 7) is 1.35. The number of hydrogen-bond acceptors (Lipinski definition) is 2. The predicted molar refractivity (Wildman–Crippen MR) is 67.4 cm³/mol. The lowest BCUT2D eigenvalue weighted by Gasteiger charge is -2.17. The van der Waals surface area contributed by atoms with Crippen LogP contribution in [0, 0.1) is 12.3 Å². The van der Waals surface area contributed by atoms with E-state index < -0.39 is 0 Å². The lowest BCUT2D eigenvalue weighted by atomic mass is 10.1. The highest BCUT2D eigenvalue weighted by Gasteiger charge is 2.10. The third kappa shape index (κ3) is 3.67. The standard InChI is InChI=1S/C12H15BrN2/c1-2-3-8-15-12(9-14)10-6-4-5-7-11(10)13/h1,4-7,12,15H,3,8-9,14H2. The maximum atomic E-state index is 5.72. The average molecular weight is 267 g/mol. The lowest BCUT2D eigenvalue weighted by Crippen LogP contribution is -2.29. The third-order valence-electron chi connectivity index (χ3n) is 2.18. The summed E-state index contributed by atoms with van der Waals surface area (Å²) in [5.41, 5.74) is 6.90. The van der Waals surface area contributed by atoms with Crippen molar-refractivity contribution in [1.82, 2.24) is 5.32 Å². The first-order valence-corrected chi connectivity index (χ1v) is 5.70. The van der Waals surface area contributed by atoms with E-state index in [4.69, 9.17) is 12.2 Å². The van der Waals surface area contributed by atoms with E-state index >= 15 is 0 Å². The zero-order chi connectivity index (χ0) is 11.1. The molecule has 1 atom stereocenters. The monoisotopic (exact) mass is 266 g/mol. The fourth-order valence-electron chi connectivity index (χ4n) is 1.40. The zero-order valence-electron chi connectivity index (χ0n) is 8.54. The lowest BCUT2D eigenvalue weighted by molar-refractivity contribution is 0.549. The summed E-state index contributed by atoms with van der Waals surface area (Å²) in [5, 5.41) is 3.33. The maximum absolute atomic E-state index is 5.72. The minimum absolute atomic E-state index is 0.161. The van der Waals surface area contributed by atoms with Crippen LogP contribution in [0.3, 0.4) is 0 Å². The first-order valence-electron chi connectivity index (χ1n) is 4.91. The molecule has 0 radical (unpaired) electrons. The third-order valence-corrected chi connectivity index (χ3v) is 2.90. The molecule has 1 rings (SSSR count). The van der Waals surface area contributed by atoms with Gasteiger partial charge in [0.25, 0.3) is 0 Å². The van der Waals surface area contributed by atoms with Crippen molar-refractivity contribution in [3.05, 3.63) is 34.3 Å². The highest BCUT2D eigenvalue weighted by molar-refractivity contribution is 9.10. The second kappa shape index (κ2) is 6.62. The number of terminal acetylenes is 1. The molecule has 0 aliphatic rings. The average Bonchev–Trinajstić information content (AvgIpc) is 2.26. The van der Waals surface area contributed by atoms with Crippen molar-refractivity contribution in [1.29, 1.82) is 0 Å². The van der Waals surface area contributed by atoms with E-state index in [-0.39, 0.29) is 6.04 Å². The summed E-state index contributed by atoms with van der Waals surface area (Å²) in [4.78, 5) is 0. The summed E-state index contributed by atoms with van der Waals surface area (Å²) in [6, 6.07) is 8.23. The molecule has 0 amide bonds. The van der Waals surface area contributed by atoms with Crippen LogP contribution in [0.2, 0.25) is 0 Å².